The molecule has 3 aromatic rings. The molecule has 0 saturated heterocycles. The van der Waals surface area contributed by atoms with Gasteiger partial charge in [-0.15, -0.1) is 11.3 Å². The number of rotatable bonds is 2. The Morgan fingerprint density at radius 3 is 2.76 bits per heavy atom. The molecule has 1 aromatic carbocycles. The number of hydrogen-bond acceptors (Lipinski definition) is 7. The zero-order valence-corrected chi connectivity index (χ0v) is 15.1. The molecule has 6 nitrogen and oxygen atoms in total. The Balaban J connectivity index is 1.62. The van der Waals surface area contributed by atoms with Crippen LogP contribution in [0.25, 0.3) is 11.4 Å². The lowest BCUT2D eigenvalue weighted by Gasteiger charge is -2.24. The van der Waals surface area contributed by atoms with E-state index in [-0.39, 0.29) is 0 Å². The van der Waals surface area contributed by atoms with Crippen LogP contribution >= 0.6 is 34.5 Å². The molecule has 0 saturated carbocycles. The van der Waals surface area contributed by atoms with E-state index < -0.39 is 0 Å². The van der Waals surface area contributed by atoms with Crippen molar-refractivity contribution in [3.8, 4) is 17.5 Å². The third-order valence-corrected chi connectivity index (χ3v) is 5.48. The molecular weight excluding hydrogens is 381 g/mol. The van der Waals surface area contributed by atoms with Gasteiger partial charge in [-0.1, -0.05) is 28.4 Å². The van der Waals surface area contributed by atoms with Gasteiger partial charge in [0, 0.05) is 27.0 Å². The molecule has 3 heterocycles. The maximum Gasteiger partial charge on any atom is 0.324 e. The monoisotopic (exact) mass is 391 g/mol. The Bertz CT molecular complexity index is 986. The van der Waals surface area contributed by atoms with Gasteiger partial charge in [0.2, 0.25) is 5.82 Å². The van der Waals surface area contributed by atoms with Gasteiger partial charge in [-0.25, -0.2) is 0 Å². The standard InChI is InChI=1S/C16H11Cl2N5OS/c17-9-3-8(4-10(18)5-9)15-21-16(24-22-15)23-2-1-11-12(6-19)14(20)25-13(11)7-23/h3-5H,1-2,7,20H2. The number of aromatic nitrogens is 2. The Labute approximate surface area is 157 Å². The molecule has 0 bridgehead atoms. The Hall–Kier alpha value is -2.27. The maximum atomic E-state index is 9.22. The number of thiophene rings is 1. The SMILES string of the molecule is N#Cc1c(N)sc2c1CCN(c1nc(-c3cc(Cl)cc(Cl)c3)no1)C2. The van der Waals surface area contributed by atoms with Gasteiger partial charge in [0.25, 0.3) is 0 Å². The largest absolute Gasteiger partial charge is 0.389 e. The minimum atomic E-state index is 0.419. The second-order valence-electron chi connectivity index (χ2n) is 5.59. The van der Waals surface area contributed by atoms with Crippen LogP contribution in [0.4, 0.5) is 11.0 Å². The summed E-state index contributed by atoms with van der Waals surface area (Å²) in [6, 6.07) is 7.71. The molecule has 1 aliphatic heterocycles. The van der Waals surface area contributed by atoms with Crippen LogP contribution in [0.3, 0.4) is 0 Å². The lowest BCUT2D eigenvalue weighted by molar-refractivity contribution is 0.411. The molecule has 0 radical (unpaired) electrons. The fourth-order valence-electron chi connectivity index (χ4n) is 2.85. The summed E-state index contributed by atoms with van der Waals surface area (Å²) in [5.74, 6) is 0.425. The predicted molar refractivity (Wildman–Crippen MR) is 98.0 cm³/mol. The number of benzene rings is 1. The van der Waals surface area contributed by atoms with Gasteiger partial charge in [-0.3, -0.25) is 0 Å². The topological polar surface area (TPSA) is 92.0 Å². The predicted octanol–water partition coefficient (Wildman–Crippen LogP) is 4.12. The number of fused-ring (bicyclic) bond motifs is 1. The number of hydrogen-bond donors (Lipinski definition) is 1. The van der Waals surface area contributed by atoms with Gasteiger partial charge in [-0.05, 0) is 30.2 Å². The third-order valence-electron chi connectivity index (χ3n) is 4.00. The highest BCUT2D eigenvalue weighted by Crippen LogP contribution is 2.36. The van der Waals surface area contributed by atoms with Crippen molar-refractivity contribution in [1.82, 2.24) is 10.1 Å². The lowest BCUT2D eigenvalue weighted by Crippen LogP contribution is -2.29. The molecule has 0 spiro atoms. The van der Waals surface area contributed by atoms with Gasteiger partial charge >= 0.3 is 6.01 Å². The minimum absolute atomic E-state index is 0.419. The van der Waals surface area contributed by atoms with Crippen molar-refractivity contribution in [2.75, 3.05) is 17.2 Å². The molecule has 0 fully saturated rings. The fraction of sp³-hybridized carbons (Fsp3) is 0.188. The van der Waals surface area contributed by atoms with Gasteiger partial charge < -0.3 is 15.2 Å². The van der Waals surface area contributed by atoms with E-state index in [9.17, 15) is 5.26 Å². The summed E-state index contributed by atoms with van der Waals surface area (Å²) in [5.41, 5.74) is 8.24. The highest BCUT2D eigenvalue weighted by Gasteiger charge is 2.26. The van der Waals surface area contributed by atoms with Crippen molar-refractivity contribution in [1.29, 1.82) is 5.26 Å². The molecule has 25 heavy (non-hydrogen) atoms. The Kier molecular flexibility index (Phi) is 4.04. The summed E-state index contributed by atoms with van der Waals surface area (Å²) >= 11 is 13.5. The number of nitrogens with two attached hydrogens (primary N) is 1. The van der Waals surface area contributed by atoms with Crippen molar-refractivity contribution in [3.63, 3.8) is 0 Å². The molecule has 0 amide bonds. The molecule has 0 unspecified atom stereocenters. The van der Waals surface area contributed by atoms with Crippen LogP contribution in [-0.2, 0) is 13.0 Å². The summed E-state index contributed by atoms with van der Waals surface area (Å²) in [5, 5.41) is 14.8. The summed E-state index contributed by atoms with van der Waals surface area (Å²) < 4.78 is 5.40. The highest BCUT2D eigenvalue weighted by molar-refractivity contribution is 7.16. The molecule has 0 atom stereocenters. The Morgan fingerprint density at radius 1 is 1.28 bits per heavy atom. The summed E-state index contributed by atoms with van der Waals surface area (Å²) in [7, 11) is 0. The number of nitrogen functional groups attached to an aromatic ring is 1. The van der Waals surface area contributed by atoms with Crippen molar-refractivity contribution >= 4 is 45.6 Å². The number of nitrogens with zero attached hydrogens (tertiary/aromatic N) is 4. The van der Waals surface area contributed by atoms with Crippen LogP contribution in [0.5, 0.6) is 0 Å². The molecular formula is C16H11Cl2N5OS. The molecule has 2 aromatic heterocycles. The van der Waals surface area contributed by atoms with E-state index in [1.807, 2.05) is 4.90 Å². The van der Waals surface area contributed by atoms with Crippen LogP contribution in [0.1, 0.15) is 16.0 Å². The first-order valence-corrected chi connectivity index (χ1v) is 8.97. The quantitative estimate of drug-likeness (QED) is 0.705. The highest BCUT2D eigenvalue weighted by atomic mass is 35.5. The maximum absolute atomic E-state index is 9.22. The second-order valence-corrected chi connectivity index (χ2v) is 7.59. The summed E-state index contributed by atoms with van der Waals surface area (Å²) in [6.07, 6.45) is 0.715. The van der Waals surface area contributed by atoms with Crippen LogP contribution in [0.2, 0.25) is 10.0 Å². The average Bonchev–Trinajstić information content (AvgIpc) is 3.16. The normalized spacial score (nSPS) is 13.6. The first-order chi connectivity index (χ1) is 12.0. The van der Waals surface area contributed by atoms with E-state index in [1.54, 1.807) is 18.2 Å². The first kappa shape index (κ1) is 16.2. The van der Waals surface area contributed by atoms with E-state index >= 15 is 0 Å². The zero-order valence-electron chi connectivity index (χ0n) is 12.8. The third kappa shape index (κ3) is 2.93. The van der Waals surface area contributed by atoms with E-state index in [0.29, 0.717) is 57.5 Å². The van der Waals surface area contributed by atoms with Crippen molar-refractivity contribution in [2.45, 2.75) is 13.0 Å². The van der Waals surface area contributed by atoms with E-state index in [0.717, 1.165) is 10.4 Å². The number of halogens is 2. The van der Waals surface area contributed by atoms with Gasteiger partial charge in [0.05, 0.1) is 12.1 Å². The first-order valence-electron chi connectivity index (χ1n) is 7.40. The van der Waals surface area contributed by atoms with Crippen LogP contribution in [0, 0.1) is 11.3 Å². The summed E-state index contributed by atoms with van der Waals surface area (Å²) in [4.78, 5) is 7.48. The van der Waals surface area contributed by atoms with Crippen LogP contribution in [0.15, 0.2) is 22.7 Å². The number of anilines is 2. The zero-order chi connectivity index (χ0) is 17.6. The fourth-order valence-corrected chi connectivity index (χ4v) is 4.46. The molecule has 9 heteroatoms. The van der Waals surface area contributed by atoms with E-state index in [2.05, 4.69) is 16.2 Å². The molecule has 1 aliphatic rings. The molecule has 126 valence electrons. The summed E-state index contributed by atoms with van der Waals surface area (Å²) in [6.45, 7) is 1.26. The van der Waals surface area contributed by atoms with E-state index in [4.69, 9.17) is 33.5 Å². The van der Waals surface area contributed by atoms with Gasteiger partial charge in [-0.2, -0.15) is 10.2 Å². The minimum Gasteiger partial charge on any atom is -0.389 e. The lowest BCUT2D eigenvalue weighted by atomic mass is 10.0. The van der Waals surface area contributed by atoms with Crippen molar-refractivity contribution < 1.29 is 4.52 Å². The van der Waals surface area contributed by atoms with Gasteiger partial charge in [0.1, 0.15) is 11.1 Å². The van der Waals surface area contributed by atoms with Crippen LogP contribution < -0.4 is 10.6 Å². The second kappa shape index (κ2) is 6.23. The van der Waals surface area contributed by atoms with Crippen molar-refractivity contribution in [2.24, 2.45) is 0 Å². The van der Waals surface area contributed by atoms with Gasteiger partial charge in [0.15, 0.2) is 0 Å². The van der Waals surface area contributed by atoms with E-state index in [1.165, 1.54) is 11.3 Å². The number of nitriles is 1. The van der Waals surface area contributed by atoms with Crippen LogP contribution in [-0.4, -0.2) is 16.7 Å². The molecule has 4 rings (SSSR count). The average molecular weight is 392 g/mol. The van der Waals surface area contributed by atoms with Crippen molar-refractivity contribution in [3.05, 3.63) is 44.2 Å². The molecule has 0 aliphatic carbocycles. The smallest absolute Gasteiger partial charge is 0.324 e. The molecule has 2 N–H and O–H groups in total. The Morgan fingerprint density at radius 2 is 2.04 bits per heavy atom.